The van der Waals surface area contributed by atoms with Crippen LogP contribution in [0.15, 0.2) is 60.9 Å². The minimum atomic E-state index is 0.0858. The number of amides is 2. The molecule has 0 bridgehead atoms. The van der Waals surface area contributed by atoms with E-state index in [2.05, 4.69) is 53.0 Å². The van der Waals surface area contributed by atoms with E-state index >= 15 is 0 Å². The smallest absolute Gasteiger partial charge is 0.226 e. The lowest BCUT2D eigenvalue weighted by atomic mass is 9.91. The Kier molecular flexibility index (Phi) is 7.85. The summed E-state index contributed by atoms with van der Waals surface area (Å²) < 4.78 is 1.86. The zero-order valence-corrected chi connectivity index (χ0v) is 20.8. The van der Waals surface area contributed by atoms with Crippen LogP contribution in [0.25, 0.3) is 11.1 Å². The maximum Gasteiger partial charge on any atom is 0.226 e. The molecule has 0 unspecified atom stereocenters. The molecule has 1 aliphatic heterocycles. The van der Waals surface area contributed by atoms with Crippen LogP contribution in [0.5, 0.6) is 0 Å². The van der Waals surface area contributed by atoms with Crippen molar-refractivity contribution in [1.29, 1.82) is 0 Å². The first-order chi connectivity index (χ1) is 17.0. The van der Waals surface area contributed by atoms with Crippen LogP contribution < -0.4 is 15.5 Å². The van der Waals surface area contributed by atoms with Crippen LogP contribution in [0.1, 0.15) is 58.1 Å². The number of para-hydroxylation sites is 1. The molecule has 0 aliphatic carbocycles. The second kappa shape index (κ2) is 11.2. The molecule has 2 atom stereocenters. The molecule has 2 N–H and O–H groups in total. The van der Waals surface area contributed by atoms with Crippen LogP contribution in [0.3, 0.4) is 0 Å². The van der Waals surface area contributed by atoms with E-state index < -0.39 is 0 Å². The molecule has 2 amide bonds. The minimum absolute atomic E-state index is 0.0858. The SMILES string of the molecule is CCCC(=O)NCCn1cc(-c2ccc(N[C@@H]3C[C@H](C)N(C(=O)CC)c4ccccc43)cc2)cn1. The first kappa shape index (κ1) is 24.5. The lowest BCUT2D eigenvalue weighted by Gasteiger charge is -2.40. The summed E-state index contributed by atoms with van der Waals surface area (Å²) in [6.45, 7) is 7.25. The van der Waals surface area contributed by atoms with Gasteiger partial charge in [-0.05, 0) is 49.1 Å². The molecule has 0 fully saturated rings. The van der Waals surface area contributed by atoms with Crippen LogP contribution in [-0.4, -0.2) is 34.2 Å². The molecule has 3 aromatic rings. The molecular weight excluding hydrogens is 438 g/mol. The highest BCUT2D eigenvalue weighted by atomic mass is 16.2. The van der Waals surface area contributed by atoms with E-state index in [1.807, 2.05) is 54.0 Å². The Hall–Kier alpha value is -3.61. The second-order valence-electron chi connectivity index (χ2n) is 9.13. The fraction of sp³-hybridized carbons (Fsp3) is 0.393. The number of nitrogens with one attached hydrogen (secondary N) is 2. The van der Waals surface area contributed by atoms with Crippen LogP contribution >= 0.6 is 0 Å². The van der Waals surface area contributed by atoms with Gasteiger partial charge in [0.15, 0.2) is 0 Å². The van der Waals surface area contributed by atoms with Crippen molar-refractivity contribution in [3.63, 3.8) is 0 Å². The largest absolute Gasteiger partial charge is 0.378 e. The lowest BCUT2D eigenvalue weighted by molar-refractivity contribution is -0.121. The minimum Gasteiger partial charge on any atom is -0.378 e. The van der Waals surface area contributed by atoms with E-state index in [-0.39, 0.29) is 23.9 Å². The van der Waals surface area contributed by atoms with Gasteiger partial charge in [0.05, 0.1) is 18.8 Å². The number of aromatic nitrogens is 2. The van der Waals surface area contributed by atoms with Crippen LogP contribution in [0, 0.1) is 0 Å². The van der Waals surface area contributed by atoms with Crippen molar-refractivity contribution in [3.05, 3.63) is 66.5 Å². The number of hydrogen-bond acceptors (Lipinski definition) is 4. The third kappa shape index (κ3) is 5.73. The van der Waals surface area contributed by atoms with Gasteiger partial charge < -0.3 is 15.5 Å². The Balaban J connectivity index is 1.41. The molecule has 7 nitrogen and oxygen atoms in total. The van der Waals surface area contributed by atoms with Gasteiger partial charge in [0.2, 0.25) is 11.8 Å². The molecule has 2 heterocycles. The number of fused-ring (bicyclic) bond motifs is 1. The van der Waals surface area contributed by atoms with Crippen molar-refractivity contribution < 1.29 is 9.59 Å². The van der Waals surface area contributed by atoms with Gasteiger partial charge in [-0.3, -0.25) is 14.3 Å². The van der Waals surface area contributed by atoms with Crippen molar-refractivity contribution in [2.24, 2.45) is 0 Å². The first-order valence-electron chi connectivity index (χ1n) is 12.6. The maximum atomic E-state index is 12.6. The predicted octanol–water partition coefficient (Wildman–Crippen LogP) is 5.15. The van der Waals surface area contributed by atoms with Gasteiger partial charge in [0, 0.05) is 48.6 Å². The topological polar surface area (TPSA) is 79.3 Å². The molecule has 1 aliphatic rings. The monoisotopic (exact) mass is 473 g/mol. The Morgan fingerprint density at radius 3 is 2.57 bits per heavy atom. The van der Waals surface area contributed by atoms with Gasteiger partial charge in [-0.25, -0.2) is 0 Å². The lowest BCUT2D eigenvalue weighted by Crippen LogP contribution is -2.44. The zero-order chi connectivity index (χ0) is 24.8. The molecule has 0 saturated heterocycles. The van der Waals surface area contributed by atoms with Gasteiger partial charge >= 0.3 is 0 Å². The summed E-state index contributed by atoms with van der Waals surface area (Å²) in [5, 5.41) is 11.0. The summed E-state index contributed by atoms with van der Waals surface area (Å²) in [5.74, 6) is 0.249. The fourth-order valence-corrected chi connectivity index (χ4v) is 4.72. The number of rotatable bonds is 9. The number of carbonyl (C=O) groups excluding carboxylic acids is 2. The molecule has 1 aromatic heterocycles. The number of benzene rings is 2. The van der Waals surface area contributed by atoms with Gasteiger partial charge in [-0.2, -0.15) is 5.10 Å². The van der Waals surface area contributed by atoms with E-state index in [9.17, 15) is 9.59 Å². The summed E-state index contributed by atoms with van der Waals surface area (Å²) in [5.41, 5.74) is 5.34. The molecule has 35 heavy (non-hydrogen) atoms. The highest BCUT2D eigenvalue weighted by molar-refractivity contribution is 5.95. The second-order valence-corrected chi connectivity index (χ2v) is 9.13. The third-order valence-electron chi connectivity index (χ3n) is 6.49. The quantitative estimate of drug-likeness (QED) is 0.450. The van der Waals surface area contributed by atoms with Crippen LogP contribution in [0.4, 0.5) is 11.4 Å². The van der Waals surface area contributed by atoms with Crippen molar-refractivity contribution in [2.45, 2.75) is 65.1 Å². The average molecular weight is 474 g/mol. The molecule has 7 heteroatoms. The Labute approximate surface area is 207 Å². The third-order valence-corrected chi connectivity index (χ3v) is 6.49. The molecule has 0 saturated carbocycles. The van der Waals surface area contributed by atoms with Gasteiger partial charge in [0.1, 0.15) is 0 Å². The van der Waals surface area contributed by atoms with E-state index in [1.54, 1.807) is 0 Å². The molecule has 4 rings (SSSR count). The standard InChI is InChI=1S/C28H35N5O2/c1-4-8-27(34)29-15-16-32-19-22(18-30-32)21-11-13-23(14-12-21)31-25-17-20(3)33(28(35)5-2)26-10-7-6-9-24(25)26/h6-7,9-14,18-20,25,31H,4-5,8,15-17H2,1-3H3,(H,29,34)/t20-,25+/m0/s1. The van der Waals surface area contributed by atoms with Crippen LogP contribution in [0.2, 0.25) is 0 Å². The van der Waals surface area contributed by atoms with Crippen molar-refractivity contribution >= 4 is 23.2 Å². The van der Waals surface area contributed by atoms with Crippen molar-refractivity contribution in [3.8, 4) is 11.1 Å². The summed E-state index contributed by atoms with van der Waals surface area (Å²) in [7, 11) is 0. The Bertz CT molecular complexity index is 1150. The highest BCUT2D eigenvalue weighted by Gasteiger charge is 2.32. The highest BCUT2D eigenvalue weighted by Crippen LogP contribution is 2.39. The van der Waals surface area contributed by atoms with E-state index in [1.165, 1.54) is 0 Å². The summed E-state index contributed by atoms with van der Waals surface area (Å²) in [4.78, 5) is 26.1. The normalized spacial score (nSPS) is 17.1. The van der Waals surface area contributed by atoms with E-state index in [4.69, 9.17) is 0 Å². The van der Waals surface area contributed by atoms with Gasteiger partial charge in [-0.15, -0.1) is 0 Å². The van der Waals surface area contributed by atoms with Crippen molar-refractivity contribution in [1.82, 2.24) is 15.1 Å². The Morgan fingerprint density at radius 2 is 1.83 bits per heavy atom. The van der Waals surface area contributed by atoms with Gasteiger partial charge in [0.25, 0.3) is 0 Å². The zero-order valence-electron chi connectivity index (χ0n) is 20.8. The van der Waals surface area contributed by atoms with Gasteiger partial charge in [-0.1, -0.05) is 44.2 Å². The number of carbonyl (C=O) groups is 2. The molecule has 2 aromatic carbocycles. The average Bonchev–Trinajstić information content (AvgIpc) is 3.33. The number of nitrogens with zero attached hydrogens (tertiary/aromatic N) is 3. The molecule has 184 valence electrons. The summed E-state index contributed by atoms with van der Waals surface area (Å²) in [6, 6.07) is 16.8. The first-order valence-corrected chi connectivity index (χ1v) is 12.6. The molecule has 0 spiro atoms. The Morgan fingerprint density at radius 1 is 1.06 bits per heavy atom. The number of hydrogen-bond donors (Lipinski definition) is 2. The fourth-order valence-electron chi connectivity index (χ4n) is 4.72. The maximum absolute atomic E-state index is 12.6. The van der Waals surface area contributed by atoms with Crippen LogP contribution in [-0.2, 0) is 16.1 Å². The molecular formula is C28H35N5O2. The summed E-state index contributed by atoms with van der Waals surface area (Å²) >= 11 is 0. The predicted molar refractivity (Wildman–Crippen MR) is 140 cm³/mol. The van der Waals surface area contributed by atoms with E-state index in [0.29, 0.717) is 25.9 Å². The summed E-state index contributed by atoms with van der Waals surface area (Å²) in [6.07, 6.45) is 6.63. The van der Waals surface area contributed by atoms with E-state index in [0.717, 1.165) is 40.9 Å². The number of anilines is 2. The van der Waals surface area contributed by atoms with Crippen molar-refractivity contribution in [2.75, 3.05) is 16.8 Å². The molecule has 0 radical (unpaired) electrons.